The first-order valence-electron chi connectivity index (χ1n) is 36.7. The van der Waals surface area contributed by atoms with Crippen LogP contribution in [0, 0.1) is 143 Å². The molecule has 43 nitrogen and oxygen atoms in total. The number of oxime groups is 2. The molecule has 10 N–H and O–H groups in total. The van der Waals surface area contributed by atoms with Gasteiger partial charge in [-0.25, -0.2) is 41.2 Å². The van der Waals surface area contributed by atoms with Gasteiger partial charge in [0.2, 0.25) is 40.1 Å². The number of nitrogens with two attached hydrogens (primary N) is 1. The van der Waals surface area contributed by atoms with Crippen LogP contribution in [0.3, 0.4) is 0 Å². The molecule has 2 aliphatic rings. The van der Waals surface area contributed by atoms with Crippen LogP contribution >= 0.6 is 22.7 Å². The Kier molecular flexibility index (Phi) is 38.0. The number of carbonyl (C=O) groups excluding carboxylic acids is 9. The summed E-state index contributed by atoms with van der Waals surface area (Å²) >= 11 is 1.94. The van der Waals surface area contributed by atoms with Gasteiger partial charge < -0.3 is 75.4 Å². The van der Waals surface area contributed by atoms with Crippen LogP contribution in [0.15, 0.2) is 64.8 Å². The van der Waals surface area contributed by atoms with Crippen LogP contribution in [0.2, 0.25) is 0 Å². The molecule has 6 aromatic rings. The van der Waals surface area contributed by atoms with Gasteiger partial charge in [-0.1, -0.05) is 10.3 Å². The number of carboxylic acid groups (broad SMARTS) is 1. The summed E-state index contributed by atoms with van der Waals surface area (Å²) in [5.74, 6) is 31.4. The van der Waals surface area contributed by atoms with Crippen molar-refractivity contribution >= 4 is 112 Å². The quantitative estimate of drug-likeness (QED) is 0.00505. The Hall–Kier alpha value is -14.7. The molecular weight excluding hydrogens is 1790 g/mol. The van der Waals surface area contributed by atoms with Crippen molar-refractivity contribution in [1.29, 1.82) is 0 Å². The third kappa shape index (κ3) is 30.5. The number of aromatic nitrogens is 10. The number of Topliss-reactive ketones (excluding diaryl/α,β-unsaturated/α-hetero) is 2. The number of likely N-dealkylation sites (tertiary alicyclic amines) is 2. The van der Waals surface area contributed by atoms with E-state index in [4.69, 9.17) is 37.7 Å². The number of aliphatic hydroxyl groups is 4. The summed E-state index contributed by atoms with van der Waals surface area (Å²) in [5, 5.41) is 86.8. The summed E-state index contributed by atoms with van der Waals surface area (Å²) in [6.07, 6.45) is 6.94. The number of nitrogen functional groups attached to an aromatic ring is 1. The smallest absolute Gasteiger partial charge is 0.546 e. The van der Waals surface area contributed by atoms with E-state index in [9.17, 15) is 115 Å². The molecule has 48 heteroatoms. The number of aromatic amines is 2. The van der Waals surface area contributed by atoms with E-state index in [-0.39, 0.29) is 77.1 Å². The number of rotatable bonds is 30. The molecule has 6 aromatic heterocycles. The fraction of sp³-hybridized carbons (Fsp3) is 0.354. The molecule has 4 atom stereocenters. The average molecular weight is 1870 g/mol. The van der Waals surface area contributed by atoms with Gasteiger partial charge in [0.25, 0.3) is 20.0 Å². The first kappa shape index (κ1) is 106. The fourth-order valence-electron chi connectivity index (χ4n) is 9.79. The maximum absolute atomic E-state index is 13.7. The van der Waals surface area contributed by atoms with Gasteiger partial charge in [0.15, 0.2) is 68.4 Å². The largest absolute Gasteiger partial charge is 1.00 e. The number of carbonyl (C=O) groups is 9. The molecule has 0 bridgehead atoms. The number of thiazole rings is 2. The number of pyridine rings is 2. The minimum Gasteiger partial charge on any atom is -0.546 e. The van der Waals surface area contributed by atoms with E-state index >= 15 is 0 Å². The van der Waals surface area contributed by atoms with Crippen LogP contribution in [0.5, 0.6) is 11.5 Å². The number of H-pyrrole nitrogens is 2. The second-order valence-corrected chi connectivity index (χ2v) is 34.6. The number of β-lactam (4-membered cyclic amide) rings is 2. The molecule has 0 unspecified atom stereocenters. The molecular formula is C82H74N15NaO28S4. The van der Waals surface area contributed by atoms with Crippen molar-refractivity contribution < 1.29 is 144 Å². The molecule has 0 radical (unpaired) electrons. The zero-order valence-electron chi connectivity index (χ0n) is 70.4. The van der Waals surface area contributed by atoms with E-state index in [0.717, 1.165) is 61.0 Å². The number of hydrogen-bond acceptors (Lipinski definition) is 37. The molecule has 2 saturated heterocycles. The van der Waals surface area contributed by atoms with Crippen molar-refractivity contribution in [2.24, 2.45) is 22.1 Å². The van der Waals surface area contributed by atoms with Crippen LogP contribution in [0.1, 0.15) is 98.5 Å². The van der Waals surface area contributed by atoms with Gasteiger partial charge in [0.1, 0.15) is 27.6 Å². The number of carboxylic acids is 1. The number of nitrogens with zero attached hydrogens (tertiary/aromatic N) is 12. The van der Waals surface area contributed by atoms with Crippen molar-refractivity contribution in [2.45, 2.75) is 136 Å². The zero-order chi connectivity index (χ0) is 96.3. The number of anilines is 1. The van der Waals surface area contributed by atoms with E-state index in [1.807, 2.05) is 0 Å². The van der Waals surface area contributed by atoms with Crippen molar-refractivity contribution in [1.82, 2.24) is 57.2 Å². The first-order valence-corrected chi connectivity index (χ1v) is 41.7. The number of ketones is 2. The van der Waals surface area contributed by atoms with E-state index in [1.54, 1.807) is 41.5 Å². The zero-order valence-corrected chi connectivity index (χ0v) is 75.7. The molecule has 0 aromatic carbocycles. The minimum absolute atomic E-state index is 0. The maximum atomic E-state index is 13.7. The minimum atomic E-state index is -4.99. The molecule has 2 aliphatic heterocycles. The number of terminal acetylenes is 2. The number of aliphatic hydroxyl groups excluding tert-OH is 4. The Morgan fingerprint density at radius 2 is 0.923 bits per heavy atom. The molecule has 2 fully saturated rings. The third-order valence-corrected chi connectivity index (χ3v) is 20.2. The number of amides is 4. The standard InChI is InChI=1S/C35H45N7O15S2.C25H28N8O13S2.C22H2.Na/c1-33(2,3)55-27(49)11-25-37-21(16-58-25)28(39-57-35(7,8)31(51)56-34(4,5)6)23(46)9-18-13-40(30(18)50)26(48)17-59(53,54)42-32(52)41(14-19(44)15-43)29(38-42)20-10-22(45)24(47)12-36-20;1-25(2,22(41)42)46-30-19(14-9-47-23(26)28-14)16(37)3-11-6-31(21(11)40)18(39)10-48(44,45)33-24(43)32(7-12(35)8-34)20(29-33)13-4-15(36)17(38)5-27-13;1-3-5-7-9-11-13-15-17-19-21-22-20-18-16-14-12-10-8-6-4-2;/h10,12,16,18-19,43-44,47H,9,11,13-15,17H2,1-8H3,(H,36,45);4-5,9,11-12,34-35,38H,3,6-8,10H2,1-2H3,(H2,26,28)(H,27,36)(H,41,42);1-2H;/q;;;+1/p-1/b39-28-;30-19-;;/t18-,19+;11-,12+;;/m00../s1. The third-order valence-electron chi connectivity index (χ3n) is 15.9. The molecule has 0 aliphatic carbocycles. The summed E-state index contributed by atoms with van der Waals surface area (Å²) in [7, 11) is -9.94. The molecule has 130 heavy (non-hydrogen) atoms. The first-order chi connectivity index (χ1) is 60.4. The van der Waals surface area contributed by atoms with Crippen molar-refractivity contribution in [2.75, 3.05) is 43.5 Å². The Morgan fingerprint density at radius 1 is 0.569 bits per heavy atom. The predicted octanol–water partition coefficient (Wildman–Crippen LogP) is -7.68. The van der Waals surface area contributed by atoms with Crippen LogP contribution in [0.4, 0.5) is 5.13 Å². The van der Waals surface area contributed by atoms with E-state index in [2.05, 4.69) is 159 Å². The van der Waals surface area contributed by atoms with Gasteiger partial charge in [-0.15, -0.1) is 53.9 Å². The fourth-order valence-corrected chi connectivity index (χ4v) is 13.4. The predicted molar refractivity (Wildman–Crippen MR) is 453 cm³/mol. The van der Waals surface area contributed by atoms with Crippen LogP contribution in [0.25, 0.3) is 23.0 Å². The molecule has 0 saturated carbocycles. The van der Waals surface area contributed by atoms with E-state index in [1.165, 1.54) is 24.6 Å². The van der Waals surface area contributed by atoms with Gasteiger partial charge in [-0.05, 0) is 164 Å². The number of aromatic hydroxyl groups is 2. The number of hydrogen-bond donors (Lipinski definition) is 9. The second-order valence-electron chi connectivity index (χ2n) is 29.2. The Labute approximate surface area is 769 Å². The van der Waals surface area contributed by atoms with Gasteiger partial charge in [0, 0.05) is 84.9 Å². The number of imide groups is 2. The monoisotopic (exact) mass is 1870 g/mol. The van der Waals surface area contributed by atoms with E-state index < -0.39 is 240 Å². The average Bonchev–Trinajstić information content (AvgIpc) is 1.65. The summed E-state index contributed by atoms with van der Waals surface area (Å²) in [5.41, 5.74) is -5.92. The van der Waals surface area contributed by atoms with Gasteiger partial charge in [-0.3, -0.25) is 62.1 Å². The number of aliphatic carboxylic acids is 1. The summed E-state index contributed by atoms with van der Waals surface area (Å²) < 4.78 is 64.8. The number of ether oxygens (including phenoxy) is 2. The normalized spacial score (nSPS) is 13.7. The second kappa shape index (κ2) is 46.7. The van der Waals surface area contributed by atoms with Gasteiger partial charge in [0.05, 0.1) is 74.1 Å². The number of esters is 2. The molecule has 8 rings (SSSR count). The Morgan fingerprint density at radius 3 is 1.25 bits per heavy atom. The Balaban J connectivity index is 0.000000377. The van der Waals surface area contributed by atoms with Crippen molar-refractivity contribution in [3.05, 3.63) is 93.1 Å². The molecule has 8 heterocycles. The summed E-state index contributed by atoms with van der Waals surface area (Å²) in [6, 6.07) is 1.58. The number of nitrogens with one attached hydrogen (secondary N) is 2. The summed E-state index contributed by atoms with van der Waals surface area (Å²) in [4.78, 5) is 190. The SMILES string of the molecule is C#CC#CC#CC#CC#CC#CC#CC#CC#CC#CC#C.CC(C)(C)OC(=O)Cc1nc(/C(=N/OC(C)(C)C(=O)OC(C)(C)C)C(=O)C[C@H]2CN(C(=O)CS(=O)(=O)n3nc(-c4cc(=O)c(O)c[nH]4)n(C[C@@H](O)CO)c3=O)C2=O)cs1.CC(C)(O/N=C(\C(=O)C[C@H]1CN(C(=O)CS(=O)(=O)n2nc(-c3cc(=O)c(O)c[nH]3)n(C[C@@H](O)CO)c2=O)C1=O)c1csc(N)n1)C(=O)[O-].[Na+]. The van der Waals surface area contributed by atoms with Crippen molar-refractivity contribution in [3.63, 3.8) is 0 Å². The van der Waals surface area contributed by atoms with Crippen molar-refractivity contribution in [3.8, 4) is 166 Å². The maximum Gasteiger partial charge on any atom is 1.00 e. The molecule has 670 valence electrons. The summed E-state index contributed by atoms with van der Waals surface area (Å²) in [6.45, 7) is 11.0. The van der Waals surface area contributed by atoms with Crippen LogP contribution < -0.4 is 62.6 Å². The van der Waals surface area contributed by atoms with Crippen LogP contribution in [-0.4, -0.2) is 242 Å². The Bertz CT molecular complexity index is 6690. The van der Waals surface area contributed by atoms with Gasteiger partial charge >= 0.3 is 52.9 Å². The molecule has 4 amide bonds. The van der Waals surface area contributed by atoms with Crippen LogP contribution in [-0.2, 0) is 102 Å². The van der Waals surface area contributed by atoms with Gasteiger partial charge in [-0.2, -0.15) is 0 Å². The van der Waals surface area contributed by atoms with E-state index in [0.29, 0.717) is 18.9 Å². The molecule has 0 spiro atoms. The topological polar surface area (TPSA) is 632 Å².